The molecule has 1 fully saturated rings. The second-order valence-corrected chi connectivity index (χ2v) is 13.3. The molecule has 0 radical (unpaired) electrons. The number of rotatable bonds is 27. The molecule has 13 nitrogen and oxygen atoms in total. The maximum Gasteiger partial charge on any atom is 0.397 e. The average Bonchev–Trinajstić information content (AvgIpc) is 3.05. The molecule has 48 heavy (non-hydrogen) atoms. The summed E-state index contributed by atoms with van der Waals surface area (Å²) in [4.78, 5) is 12.9. The highest BCUT2D eigenvalue weighted by molar-refractivity contribution is 7.80. The second-order valence-electron chi connectivity index (χ2n) is 12.2. The van der Waals surface area contributed by atoms with Crippen molar-refractivity contribution in [2.24, 2.45) is 0 Å². The fourth-order valence-corrected chi connectivity index (χ4v) is 5.77. The van der Waals surface area contributed by atoms with Gasteiger partial charge in [0.1, 0.15) is 30.5 Å². The Morgan fingerprint density at radius 1 is 0.875 bits per heavy atom. The molecule has 1 heterocycles. The number of allylic oxidation sites excluding steroid dienone is 5. The van der Waals surface area contributed by atoms with E-state index in [1.165, 1.54) is 44.6 Å². The summed E-state index contributed by atoms with van der Waals surface area (Å²) in [6.45, 7) is 2.87. The van der Waals surface area contributed by atoms with Gasteiger partial charge in [0.25, 0.3) is 0 Å². The van der Waals surface area contributed by atoms with Crippen LogP contribution in [-0.2, 0) is 28.9 Å². The minimum absolute atomic E-state index is 0.234. The molecule has 1 rings (SSSR count). The molecule has 8 atom stereocenters. The summed E-state index contributed by atoms with van der Waals surface area (Å²) in [5.74, 6) is -0.725. The first-order chi connectivity index (χ1) is 22.9. The topological polar surface area (TPSA) is 212 Å². The maximum absolute atomic E-state index is 12.9. The lowest BCUT2D eigenvalue weighted by Gasteiger charge is -2.41. The molecule has 7 N–H and O–H groups in total. The average molecular weight is 708 g/mol. The van der Waals surface area contributed by atoms with Crippen LogP contribution < -0.4 is 5.32 Å². The molecular formula is C34H61NO12S. The molecular weight excluding hydrogens is 646 g/mol. The van der Waals surface area contributed by atoms with Gasteiger partial charge in [0, 0.05) is 0 Å². The zero-order valence-corrected chi connectivity index (χ0v) is 29.5. The van der Waals surface area contributed by atoms with E-state index in [1.54, 1.807) is 6.08 Å². The summed E-state index contributed by atoms with van der Waals surface area (Å²) < 4.78 is 47.0. The van der Waals surface area contributed by atoms with Crippen molar-refractivity contribution in [3.8, 4) is 0 Å². The fraction of sp³-hybridized carbons (Fsp3) is 0.794. The van der Waals surface area contributed by atoms with Crippen LogP contribution in [0.15, 0.2) is 36.5 Å². The van der Waals surface area contributed by atoms with Gasteiger partial charge in [0.05, 0.1) is 25.4 Å². The predicted molar refractivity (Wildman–Crippen MR) is 182 cm³/mol. The van der Waals surface area contributed by atoms with Gasteiger partial charge in [-0.15, -0.1) is 0 Å². The molecule has 8 unspecified atom stereocenters. The van der Waals surface area contributed by atoms with Crippen LogP contribution in [0.25, 0.3) is 0 Å². The monoisotopic (exact) mass is 707 g/mol. The van der Waals surface area contributed by atoms with E-state index >= 15 is 0 Å². The van der Waals surface area contributed by atoms with Crippen molar-refractivity contribution in [1.82, 2.24) is 5.32 Å². The van der Waals surface area contributed by atoms with Crippen LogP contribution in [0.1, 0.15) is 110 Å². The number of carbonyl (C=O) groups is 1. The number of carbonyl (C=O) groups excluding carboxylic acids is 1. The molecule has 0 aromatic carbocycles. The summed E-state index contributed by atoms with van der Waals surface area (Å²) in [6, 6.07) is -1.14. The lowest BCUT2D eigenvalue weighted by Crippen LogP contribution is -2.61. The Bertz CT molecular complexity index is 1040. The van der Waals surface area contributed by atoms with Gasteiger partial charge in [-0.1, -0.05) is 108 Å². The SMILES string of the molecule is C/C=C/CC/C=C/CC/C=C/C(O)C(COC1OC(CO)C(O)C(OS(=O)(=O)O)C1O)NC(=O)C(O)CCCCCCCCCCCC. The van der Waals surface area contributed by atoms with E-state index in [9.17, 15) is 38.7 Å². The number of ether oxygens (including phenoxy) is 2. The van der Waals surface area contributed by atoms with Gasteiger partial charge in [0.2, 0.25) is 5.91 Å². The van der Waals surface area contributed by atoms with Gasteiger partial charge in [-0.25, -0.2) is 4.18 Å². The van der Waals surface area contributed by atoms with E-state index in [-0.39, 0.29) is 6.42 Å². The highest BCUT2D eigenvalue weighted by atomic mass is 32.3. The molecule has 14 heteroatoms. The summed E-state index contributed by atoms with van der Waals surface area (Å²) in [5, 5.41) is 54.5. The van der Waals surface area contributed by atoms with Crippen molar-refractivity contribution in [2.45, 2.75) is 159 Å². The normalized spacial score (nSPS) is 24.0. The zero-order chi connectivity index (χ0) is 35.8. The molecule has 0 saturated carbocycles. The molecule has 0 aliphatic carbocycles. The molecule has 0 spiro atoms. The van der Waals surface area contributed by atoms with Crippen molar-refractivity contribution in [1.29, 1.82) is 0 Å². The van der Waals surface area contributed by atoms with Gasteiger partial charge >= 0.3 is 10.4 Å². The summed E-state index contributed by atoms with van der Waals surface area (Å²) in [6.07, 6.45) is 14.4. The number of hydrogen-bond acceptors (Lipinski definition) is 11. The second kappa shape index (κ2) is 26.1. The molecule has 0 aromatic rings. The van der Waals surface area contributed by atoms with E-state index in [2.05, 4.69) is 28.6 Å². The number of unbranched alkanes of at least 4 members (excludes halogenated alkanes) is 11. The van der Waals surface area contributed by atoms with Crippen LogP contribution in [0.2, 0.25) is 0 Å². The Morgan fingerprint density at radius 2 is 1.44 bits per heavy atom. The van der Waals surface area contributed by atoms with Crippen LogP contribution in [0.5, 0.6) is 0 Å². The molecule has 280 valence electrons. The lowest BCUT2D eigenvalue weighted by molar-refractivity contribution is -0.298. The Labute approximate surface area is 287 Å². The minimum atomic E-state index is -5.11. The molecule has 0 bridgehead atoms. The van der Waals surface area contributed by atoms with Crippen LogP contribution in [0.4, 0.5) is 0 Å². The molecule has 1 aliphatic rings. The van der Waals surface area contributed by atoms with Crippen molar-refractivity contribution in [3.05, 3.63) is 36.5 Å². The van der Waals surface area contributed by atoms with Crippen LogP contribution >= 0.6 is 0 Å². The maximum atomic E-state index is 12.9. The first-order valence-corrected chi connectivity index (χ1v) is 18.8. The third-order valence-electron chi connectivity index (χ3n) is 8.10. The van der Waals surface area contributed by atoms with Crippen molar-refractivity contribution in [2.75, 3.05) is 13.2 Å². The van der Waals surface area contributed by atoms with Gasteiger partial charge in [-0.2, -0.15) is 8.42 Å². The smallest absolute Gasteiger partial charge is 0.394 e. The van der Waals surface area contributed by atoms with Crippen LogP contribution in [0, 0.1) is 0 Å². The molecule has 1 aliphatic heterocycles. The van der Waals surface area contributed by atoms with E-state index in [0.29, 0.717) is 12.8 Å². The number of aliphatic hydroxyl groups is 5. The van der Waals surface area contributed by atoms with E-state index in [0.717, 1.165) is 38.5 Å². The third kappa shape index (κ3) is 19.5. The van der Waals surface area contributed by atoms with E-state index in [4.69, 9.17) is 14.0 Å². The number of nitrogens with one attached hydrogen (secondary N) is 1. The largest absolute Gasteiger partial charge is 0.397 e. The van der Waals surface area contributed by atoms with Gasteiger partial charge < -0.3 is 40.3 Å². The number of hydrogen-bond donors (Lipinski definition) is 7. The minimum Gasteiger partial charge on any atom is -0.394 e. The molecule has 1 saturated heterocycles. The Balaban J connectivity index is 2.80. The lowest BCUT2D eigenvalue weighted by atomic mass is 9.99. The zero-order valence-electron chi connectivity index (χ0n) is 28.6. The van der Waals surface area contributed by atoms with Gasteiger partial charge in [-0.3, -0.25) is 9.35 Å². The first kappa shape index (κ1) is 44.3. The first-order valence-electron chi connectivity index (χ1n) is 17.4. The summed E-state index contributed by atoms with van der Waals surface area (Å²) in [7, 11) is -5.11. The van der Waals surface area contributed by atoms with Crippen LogP contribution in [0.3, 0.4) is 0 Å². The molecule has 0 aromatic heterocycles. The Kier molecular flexibility index (Phi) is 24.1. The fourth-order valence-electron chi connectivity index (χ4n) is 5.26. The highest BCUT2D eigenvalue weighted by Crippen LogP contribution is 2.26. The van der Waals surface area contributed by atoms with E-state index in [1.807, 2.05) is 19.1 Å². The summed E-state index contributed by atoms with van der Waals surface area (Å²) >= 11 is 0. The van der Waals surface area contributed by atoms with Crippen molar-refractivity contribution < 1.29 is 57.0 Å². The molecule has 1 amide bonds. The predicted octanol–water partition coefficient (Wildman–Crippen LogP) is 3.40. The quantitative estimate of drug-likeness (QED) is 0.0372. The van der Waals surface area contributed by atoms with Crippen LogP contribution in [-0.4, -0.2) is 107 Å². The number of aliphatic hydroxyl groups excluding tert-OH is 5. The third-order valence-corrected chi connectivity index (χ3v) is 8.57. The Morgan fingerprint density at radius 3 is 2.00 bits per heavy atom. The number of amides is 1. The van der Waals surface area contributed by atoms with E-state index < -0.39 is 78.5 Å². The van der Waals surface area contributed by atoms with Crippen molar-refractivity contribution in [3.63, 3.8) is 0 Å². The van der Waals surface area contributed by atoms with Crippen molar-refractivity contribution >= 4 is 16.3 Å². The Hall–Kier alpha value is -1.72. The van der Waals surface area contributed by atoms with Gasteiger partial charge in [0.15, 0.2) is 6.29 Å². The highest BCUT2D eigenvalue weighted by Gasteiger charge is 2.48. The standard InChI is InChI=1S/C34H61NO12S/c1-3-5-7-9-11-13-15-17-19-21-23-28(38)33(41)35-26(27(37)22-20-18-16-14-12-10-8-6-4-2)25-45-34-31(40)32(47-48(42,43)44)30(39)29(24-36)46-34/h4,6,12,14,20,22,26-32,34,36-40H,3,5,7-11,13,15-19,21,23-25H2,1-2H3,(H,35,41)(H,42,43,44)/b6-4+,14-12+,22-20+. The summed E-state index contributed by atoms with van der Waals surface area (Å²) in [5.41, 5.74) is 0. The van der Waals surface area contributed by atoms with Gasteiger partial charge in [-0.05, 0) is 39.0 Å².